The minimum absolute atomic E-state index is 0.133. The third-order valence-electron chi connectivity index (χ3n) is 6.28. The molecule has 33 heavy (non-hydrogen) atoms. The van der Waals surface area contributed by atoms with Gasteiger partial charge in [-0.2, -0.15) is 0 Å². The summed E-state index contributed by atoms with van der Waals surface area (Å²) in [6, 6.07) is 5.43. The van der Waals surface area contributed by atoms with Crippen LogP contribution < -0.4 is 21.9 Å². The maximum atomic E-state index is 13.3. The van der Waals surface area contributed by atoms with Gasteiger partial charge in [-0.3, -0.25) is 9.59 Å². The maximum Gasteiger partial charge on any atom is 0.274 e. The number of nitrogens with one attached hydrogen (secondary N) is 2. The van der Waals surface area contributed by atoms with Crippen LogP contribution in [0, 0.1) is 19.8 Å². The monoisotopic (exact) mass is 457 g/mol. The highest BCUT2D eigenvalue weighted by atomic mass is 16.5. The highest BCUT2D eigenvalue weighted by Crippen LogP contribution is 2.28. The molecule has 0 saturated heterocycles. The predicted molar refractivity (Wildman–Crippen MR) is 128 cm³/mol. The molecule has 0 radical (unpaired) electrons. The fourth-order valence-electron chi connectivity index (χ4n) is 4.47. The molecule has 0 spiro atoms. The first-order chi connectivity index (χ1) is 15.7. The molecule has 1 amide bonds. The van der Waals surface area contributed by atoms with E-state index in [0.717, 1.165) is 36.1 Å². The Hall–Kier alpha value is -2.91. The van der Waals surface area contributed by atoms with Crippen LogP contribution in [0.1, 0.15) is 54.6 Å². The van der Waals surface area contributed by atoms with Crippen LogP contribution in [0.5, 0.6) is 0 Å². The fourth-order valence-corrected chi connectivity index (χ4v) is 4.47. The first-order valence-corrected chi connectivity index (χ1v) is 11.6. The average molecular weight is 458 g/mol. The van der Waals surface area contributed by atoms with Crippen molar-refractivity contribution in [1.29, 1.82) is 0 Å². The number of rotatable bonds is 9. The van der Waals surface area contributed by atoms with Gasteiger partial charge in [0.05, 0.1) is 6.54 Å². The molecule has 0 aromatic carbocycles. The standard InChI is InChI=1S/C24H35N5O4/c1-15-10-19(11-17-6-4-3-5-7-17)23(27-13-22(31)32)24(33)29(15)14-21(30)26-12-18-8-9-20(25)28-16(18)2/h8-10,17,22,27,31-32H,3-7,11-14H2,1-2H3,(H2,25,28)(H,26,30). The van der Waals surface area contributed by atoms with Crippen molar-refractivity contribution in [3.63, 3.8) is 0 Å². The van der Waals surface area contributed by atoms with Crippen LogP contribution in [0.25, 0.3) is 0 Å². The van der Waals surface area contributed by atoms with Gasteiger partial charge in [0.2, 0.25) is 5.91 Å². The highest BCUT2D eigenvalue weighted by molar-refractivity contribution is 5.76. The Morgan fingerprint density at radius 3 is 2.61 bits per heavy atom. The van der Waals surface area contributed by atoms with Gasteiger partial charge in [-0.05, 0) is 49.4 Å². The average Bonchev–Trinajstić information content (AvgIpc) is 2.76. The van der Waals surface area contributed by atoms with Gasteiger partial charge < -0.3 is 31.1 Å². The van der Waals surface area contributed by atoms with Crippen molar-refractivity contribution in [2.45, 2.75) is 71.8 Å². The molecular weight excluding hydrogens is 422 g/mol. The molecular formula is C24H35N5O4. The number of nitrogens with two attached hydrogens (primary N) is 1. The highest BCUT2D eigenvalue weighted by Gasteiger charge is 2.20. The van der Waals surface area contributed by atoms with E-state index in [-0.39, 0.29) is 31.1 Å². The smallest absolute Gasteiger partial charge is 0.274 e. The lowest BCUT2D eigenvalue weighted by molar-refractivity contribution is -0.121. The van der Waals surface area contributed by atoms with Crippen molar-refractivity contribution in [2.24, 2.45) is 5.92 Å². The van der Waals surface area contributed by atoms with E-state index in [1.807, 2.05) is 26.0 Å². The summed E-state index contributed by atoms with van der Waals surface area (Å²) in [4.78, 5) is 30.1. The lowest BCUT2D eigenvalue weighted by Crippen LogP contribution is -2.35. The molecule has 3 rings (SSSR count). The number of nitrogens with zero attached hydrogens (tertiary/aromatic N) is 2. The molecule has 0 bridgehead atoms. The molecule has 0 unspecified atom stereocenters. The molecule has 1 saturated carbocycles. The fraction of sp³-hybridized carbons (Fsp3) is 0.542. The summed E-state index contributed by atoms with van der Waals surface area (Å²) in [5.74, 6) is 0.628. The number of aromatic nitrogens is 2. The van der Waals surface area contributed by atoms with Crippen LogP contribution in [-0.2, 0) is 24.3 Å². The van der Waals surface area contributed by atoms with E-state index in [9.17, 15) is 19.8 Å². The molecule has 9 nitrogen and oxygen atoms in total. The summed E-state index contributed by atoms with van der Waals surface area (Å²) < 4.78 is 1.42. The van der Waals surface area contributed by atoms with E-state index in [4.69, 9.17) is 5.73 Å². The van der Waals surface area contributed by atoms with Gasteiger partial charge in [0.1, 0.15) is 18.1 Å². The number of amides is 1. The van der Waals surface area contributed by atoms with Gasteiger partial charge in [-0.1, -0.05) is 38.2 Å². The number of aliphatic hydroxyl groups excluding tert-OH is 1. The van der Waals surface area contributed by atoms with Crippen LogP contribution in [0.3, 0.4) is 0 Å². The van der Waals surface area contributed by atoms with Crippen molar-refractivity contribution in [1.82, 2.24) is 14.9 Å². The summed E-state index contributed by atoms with van der Waals surface area (Å²) in [5.41, 5.74) is 8.83. The predicted octanol–water partition coefficient (Wildman–Crippen LogP) is 1.60. The van der Waals surface area contributed by atoms with Gasteiger partial charge in [0.15, 0.2) is 6.29 Å². The summed E-state index contributed by atoms with van der Waals surface area (Å²) in [7, 11) is 0. The summed E-state index contributed by atoms with van der Waals surface area (Å²) in [6.07, 6.45) is 5.08. The molecule has 2 aromatic rings. The van der Waals surface area contributed by atoms with Crippen LogP contribution in [0.2, 0.25) is 0 Å². The number of nitrogen functional groups attached to an aromatic ring is 1. The summed E-state index contributed by atoms with van der Waals surface area (Å²) in [6.45, 7) is 3.63. The van der Waals surface area contributed by atoms with E-state index in [2.05, 4.69) is 15.6 Å². The number of carbonyl (C=O) groups is 1. The van der Waals surface area contributed by atoms with Gasteiger partial charge in [-0.25, -0.2) is 4.98 Å². The van der Waals surface area contributed by atoms with Gasteiger partial charge >= 0.3 is 0 Å². The van der Waals surface area contributed by atoms with Crippen LogP contribution in [0.15, 0.2) is 23.0 Å². The minimum Gasteiger partial charge on any atom is -0.384 e. The Balaban J connectivity index is 1.77. The van der Waals surface area contributed by atoms with Crippen molar-refractivity contribution < 1.29 is 15.0 Å². The van der Waals surface area contributed by atoms with E-state index < -0.39 is 6.29 Å². The second kappa shape index (κ2) is 11.3. The number of anilines is 2. The quantitative estimate of drug-likeness (QED) is 0.360. The maximum absolute atomic E-state index is 13.3. The van der Waals surface area contributed by atoms with Crippen LogP contribution >= 0.6 is 0 Å². The lowest BCUT2D eigenvalue weighted by Gasteiger charge is -2.24. The van der Waals surface area contributed by atoms with Crippen molar-refractivity contribution in [2.75, 3.05) is 17.6 Å². The molecule has 180 valence electrons. The third kappa shape index (κ3) is 6.79. The largest absolute Gasteiger partial charge is 0.384 e. The lowest BCUT2D eigenvalue weighted by atomic mass is 9.84. The zero-order valence-corrected chi connectivity index (χ0v) is 19.4. The molecule has 0 aliphatic heterocycles. The number of pyridine rings is 2. The topological polar surface area (TPSA) is 142 Å². The number of hydrogen-bond acceptors (Lipinski definition) is 7. The number of aliphatic hydroxyl groups is 2. The molecule has 1 aliphatic rings. The van der Waals surface area contributed by atoms with Gasteiger partial charge in [0, 0.05) is 17.9 Å². The Morgan fingerprint density at radius 2 is 1.94 bits per heavy atom. The van der Waals surface area contributed by atoms with Gasteiger partial charge in [0.25, 0.3) is 5.56 Å². The second-order valence-electron chi connectivity index (χ2n) is 8.90. The molecule has 1 fully saturated rings. The first kappa shape index (κ1) is 24.7. The first-order valence-electron chi connectivity index (χ1n) is 11.6. The van der Waals surface area contributed by atoms with Crippen molar-refractivity contribution >= 4 is 17.4 Å². The summed E-state index contributed by atoms with van der Waals surface area (Å²) >= 11 is 0. The van der Waals surface area contributed by atoms with Gasteiger partial charge in [-0.15, -0.1) is 0 Å². The molecule has 2 aromatic heterocycles. The van der Waals surface area contributed by atoms with Crippen LogP contribution in [-0.4, -0.2) is 38.5 Å². The zero-order valence-electron chi connectivity index (χ0n) is 19.4. The van der Waals surface area contributed by atoms with E-state index in [0.29, 0.717) is 23.1 Å². The molecule has 2 heterocycles. The van der Waals surface area contributed by atoms with Crippen molar-refractivity contribution in [3.8, 4) is 0 Å². The Bertz CT molecular complexity index is 1030. The Kier molecular flexibility index (Phi) is 8.46. The number of aryl methyl sites for hydroxylation is 2. The number of hydrogen-bond donors (Lipinski definition) is 5. The molecule has 1 aliphatic carbocycles. The van der Waals surface area contributed by atoms with E-state index >= 15 is 0 Å². The molecule has 0 atom stereocenters. The van der Waals surface area contributed by atoms with E-state index in [1.165, 1.54) is 23.8 Å². The summed E-state index contributed by atoms with van der Waals surface area (Å²) in [5, 5.41) is 24.4. The minimum atomic E-state index is -1.58. The van der Waals surface area contributed by atoms with Crippen molar-refractivity contribution in [3.05, 3.63) is 51.1 Å². The molecule has 6 N–H and O–H groups in total. The second-order valence-corrected chi connectivity index (χ2v) is 8.90. The normalized spacial score (nSPS) is 14.5. The number of carbonyl (C=O) groups excluding carboxylic acids is 1. The Morgan fingerprint density at radius 1 is 1.21 bits per heavy atom. The van der Waals surface area contributed by atoms with E-state index in [1.54, 1.807) is 6.07 Å². The Labute approximate surface area is 194 Å². The zero-order chi connectivity index (χ0) is 24.0. The van der Waals surface area contributed by atoms with Crippen LogP contribution in [0.4, 0.5) is 11.5 Å². The molecule has 9 heteroatoms. The SMILES string of the molecule is Cc1nc(N)ccc1CNC(=O)Cn1c(C)cc(CC2CCCCC2)c(NCC(O)O)c1=O. The third-order valence-corrected chi connectivity index (χ3v) is 6.28.